The van der Waals surface area contributed by atoms with Gasteiger partial charge in [-0.05, 0) is 54.6 Å². The van der Waals surface area contributed by atoms with Crippen molar-refractivity contribution in [2.45, 2.75) is 4.90 Å². The van der Waals surface area contributed by atoms with Crippen molar-refractivity contribution in [3.05, 3.63) is 82.0 Å². The van der Waals surface area contributed by atoms with Crippen molar-refractivity contribution in [3.8, 4) is 0 Å². The van der Waals surface area contributed by atoms with Gasteiger partial charge in [-0.1, -0.05) is 23.2 Å². The van der Waals surface area contributed by atoms with Crippen LogP contribution in [0.5, 0.6) is 0 Å². The first-order valence-electron chi connectivity index (χ1n) is 9.54. The summed E-state index contributed by atoms with van der Waals surface area (Å²) in [6, 6.07) is 13.3. The molecule has 0 spiro atoms. The van der Waals surface area contributed by atoms with E-state index in [-0.39, 0.29) is 33.4 Å². The molecule has 8 nitrogen and oxygen atoms in total. The molecule has 3 aromatic rings. The average Bonchev–Trinajstić information content (AvgIpc) is 2.81. The lowest BCUT2D eigenvalue weighted by Gasteiger charge is -2.12. The molecule has 3 rings (SSSR count). The van der Waals surface area contributed by atoms with E-state index in [9.17, 15) is 18.6 Å². The Hall–Kier alpha value is -2.98. The molecule has 34 heavy (non-hydrogen) atoms. The maximum atomic E-state index is 12.8. The molecule has 0 fully saturated rings. The SMILES string of the molecule is CS(=O)(=NC(=O)CCl)c1ccc(C(=O)Nc2ccc(Cl)cc2C(=O)Nc2ccc(Cl)cn2)cc1. The lowest BCUT2D eigenvalue weighted by molar-refractivity contribution is -0.115. The molecule has 0 radical (unpaired) electrons. The highest BCUT2D eigenvalue weighted by molar-refractivity contribution is 7.93. The lowest BCUT2D eigenvalue weighted by Crippen LogP contribution is -2.18. The van der Waals surface area contributed by atoms with Crippen molar-refractivity contribution in [2.24, 2.45) is 4.36 Å². The van der Waals surface area contributed by atoms with E-state index in [2.05, 4.69) is 20.0 Å². The van der Waals surface area contributed by atoms with Gasteiger partial charge in [-0.3, -0.25) is 14.4 Å². The van der Waals surface area contributed by atoms with Gasteiger partial charge in [0.05, 0.1) is 26.0 Å². The molecule has 1 unspecified atom stereocenters. The molecule has 0 aliphatic heterocycles. The minimum Gasteiger partial charge on any atom is -0.321 e. The Kier molecular flexibility index (Phi) is 8.27. The number of carbonyl (C=O) groups is 3. The van der Waals surface area contributed by atoms with E-state index >= 15 is 0 Å². The number of halogens is 3. The standard InChI is InChI=1S/C22H17Cl3N4O4S/c1-34(33,29-20(30)11-23)16-6-2-13(3-7-16)21(31)27-18-8-4-14(24)10-17(18)22(32)28-19-9-5-15(25)12-26-19/h2-10,12H,11H2,1H3,(H,27,31)(H,26,28,32). The van der Waals surface area contributed by atoms with Gasteiger partial charge in [-0.15, -0.1) is 11.6 Å². The maximum Gasteiger partial charge on any atom is 0.268 e. The van der Waals surface area contributed by atoms with Gasteiger partial charge in [-0.25, -0.2) is 9.19 Å². The number of alkyl halides is 1. The van der Waals surface area contributed by atoms with E-state index in [1.54, 1.807) is 6.07 Å². The van der Waals surface area contributed by atoms with Crippen molar-refractivity contribution in [1.82, 2.24) is 4.98 Å². The summed E-state index contributed by atoms with van der Waals surface area (Å²) in [6.07, 6.45) is 2.69. The Morgan fingerprint density at radius 3 is 2.24 bits per heavy atom. The minimum atomic E-state index is -3.00. The van der Waals surface area contributed by atoms with Crippen LogP contribution < -0.4 is 10.6 Å². The van der Waals surface area contributed by atoms with Crippen molar-refractivity contribution < 1.29 is 18.6 Å². The fraction of sp³-hybridized carbons (Fsp3) is 0.0909. The summed E-state index contributed by atoms with van der Waals surface area (Å²) in [7, 11) is -3.00. The largest absolute Gasteiger partial charge is 0.321 e. The number of amides is 3. The Morgan fingerprint density at radius 2 is 1.62 bits per heavy atom. The van der Waals surface area contributed by atoms with E-state index in [4.69, 9.17) is 34.8 Å². The van der Waals surface area contributed by atoms with Gasteiger partial charge in [0, 0.05) is 27.9 Å². The highest BCUT2D eigenvalue weighted by atomic mass is 35.5. The molecule has 0 bridgehead atoms. The summed E-state index contributed by atoms with van der Waals surface area (Å²) >= 11 is 17.3. The Morgan fingerprint density at radius 1 is 0.941 bits per heavy atom. The van der Waals surface area contributed by atoms with Crippen LogP contribution in [0.4, 0.5) is 11.5 Å². The third-order valence-corrected chi connectivity index (χ3v) is 6.77. The monoisotopic (exact) mass is 538 g/mol. The third kappa shape index (κ3) is 6.54. The zero-order chi connectivity index (χ0) is 24.9. The van der Waals surface area contributed by atoms with Gasteiger partial charge in [0.2, 0.25) is 0 Å². The first kappa shape index (κ1) is 25.6. The Balaban J connectivity index is 1.81. The number of benzene rings is 2. The van der Waals surface area contributed by atoms with E-state index in [0.29, 0.717) is 10.0 Å². The van der Waals surface area contributed by atoms with Crippen LogP contribution in [0, 0.1) is 0 Å². The van der Waals surface area contributed by atoms with Crippen molar-refractivity contribution in [3.63, 3.8) is 0 Å². The number of rotatable bonds is 6. The predicted molar refractivity (Wildman–Crippen MR) is 134 cm³/mol. The zero-order valence-electron chi connectivity index (χ0n) is 17.6. The number of hydrogen-bond donors (Lipinski definition) is 2. The van der Waals surface area contributed by atoms with E-state index < -0.39 is 27.5 Å². The number of pyridine rings is 1. The van der Waals surface area contributed by atoms with Gasteiger partial charge in [0.15, 0.2) is 0 Å². The molecule has 176 valence electrons. The molecule has 1 atom stereocenters. The highest BCUT2D eigenvalue weighted by Crippen LogP contribution is 2.23. The van der Waals surface area contributed by atoms with Crippen LogP contribution in [0.25, 0.3) is 0 Å². The predicted octanol–water partition coefficient (Wildman–Crippen LogP) is 5.12. The minimum absolute atomic E-state index is 0.115. The van der Waals surface area contributed by atoms with Gasteiger partial charge in [-0.2, -0.15) is 4.36 Å². The molecule has 2 N–H and O–H groups in total. The Labute approximate surface area is 210 Å². The van der Waals surface area contributed by atoms with E-state index in [1.807, 2.05) is 0 Å². The van der Waals surface area contributed by atoms with Crippen LogP contribution in [0.1, 0.15) is 20.7 Å². The van der Waals surface area contributed by atoms with Crippen molar-refractivity contribution >= 4 is 73.8 Å². The van der Waals surface area contributed by atoms with Gasteiger partial charge >= 0.3 is 0 Å². The molecule has 0 saturated carbocycles. The van der Waals surface area contributed by atoms with Crippen LogP contribution in [-0.2, 0) is 14.5 Å². The molecular formula is C22H17Cl3N4O4S. The molecule has 0 aliphatic carbocycles. The topological polar surface area (TPSA) is 118 Å². The fourth-order valence-electron chi connectivity index (χ4n) is 2.77. The lowest BCUT2D eigenvalue weighted by atomic mass is 10.1. The number of nitrogens with zero attached hydrogens (tertiary/aromatic N) is 2. The second-order valence-electron chi connectivity index (χ2n) is 6.91. The smallest absolute Gasteiger partial charge is 0.268 e. The highest BCUT2D eigenvalue weighted by Gasteiger charge is 2.17. The number of nitrogens with one attached hydrogen (secondary N) is 2. The number of aromatic nitrogens is 1. The van der Waals surface area contributed by atoms with Gasteiger partial charge in [0.1, 0.15) is 11.7 Å². The summed E-state index contributed by atoms with van der Waals surface area (Å²) < 4.78 is 16.2. The second-order valence-corrected chi connectivity index (χ2v) is 10.3. The summed E-state index contributed by atoms with van der Waals surface area (Å²) in [5, 5.41) is 5.99. The fourth-order valence-corrected chi connectivity index (χ4v) is 4.39. The molecule has 2 aromatic carbocycles. The first-order chi connectivity index (χ1) is 16.1. The first-order valence-corrected chi connectivity index (χ1v) is 12.8. The molecule has 3 amide bonds. The zero-order valence-corrected chi connectivity index (χ0v) is 20.6. The van der Waals surface area contributed by atoms with Crippen LogP contribution in [0.2, 0.25) is 10.0 Å². The quantitative estimate of drug-likeness (QED) is 0.422. The molecule has 1 heterocycles. The summed E-state index contributed by atoms with van der Waals surface area (Å²) in [4.78, 5) is 41.3. The van der Waals surface area contributed by atoms with Crippen LogP contribution in [0.3, 0.4) is 0 Å². The normalized spacial score (nSPS) is 12.4. The van der Waals surface area contributed by atoms with Crippen LogP contribution in [0.15, 0.2) is 70.1 Å². The molecule has 0 saturated heterocycles. The number of carbonyl (C=O) groups excluding carboxylic acids is 3. The number of anilines is 2. The summed E-state index contributed by atoms with van der Waals surface area (Å²) in [6.45, 7) is 0. The molecule has 12 heteroatoms. The van der Waals surface area contributed by atoms with Crippen molar-refractivity contribution in [2.75, 3.05) is 22.8 Å². The van der Waals surface area contributed by atoms with E-state index in [1.165, 1.54) is 61.0 Å². The van der Waals surface area contributed by atoms with E-state index in [0.717, 1.165) is 0 Å². The molecule has 1 aromatic heterocycles. The van der Waals surface area contributed by atoms with Gasteiger partial charge < -0.3 is 10.6 Å². The van der Waals surface area contributed by atoms with Crippen LogP contribution in [-0.4, -0.2) is 39.1 Å². The maximum absolute atomic E-state index is 12.8. The Bertz CT molecular complexity index is 1370. The van der Waals surface area contributed by atoms with Crippen LogP contribution >= 0.6 is 34.8 Å². The third-order valence-electron chi connectivity index (χ3n) is 4.39. The molecule has 0 aliphatic rings. The van der Waals surface area contributed by atoms with Gasteiger partial charge in [0.25, 0.3) is 17.7 Å². The van der Waals surface area contributed by atoms with Crippen molar-refractivity contribution in [1.29, 1.82) is 0 Å². The number of hydrogen-bond acceptors (Lipinski definition) is 5. The summed E-state index contributed by atoms with van der Waals surface area (Å²) in [5.41, 5.74) is 0.555. The molecular weight excluding hydrogens is 523 g/mol. The second kappa shape index (κ2) is 11.0. The average molecular weight is 540 g/mol. The summed E-state index contributed by atoms with van der Waals surface area (Å²) in [5.74, 6) is -1.87.